The summed E-state index contributed by atoms with van der Waals surface area (Å²) in [4.78, 5) is 19.8. The highest BCUT2D eigenvalue weighted by Gasteiger charge is 2.18. The Hall–Kier alpha value is -1.46. The fourth-order valence-corrected chi connectivity index (χ4v) is 2.84. The van der Waals surface area contributed by atoms with Gasteiger partial charge in [-0.2, -0.15) is 0 Å². The molecule has 1 aromatic heterocycles. The molecule has 2 rings (SSSR count). The van der Waals surface area contributed by atoms with Crippen LogP contribution in [-0.2, 0) is 4.79 Å². The highest BCUT2D eigenvalue weighted by molar-refractivity contribution is 7.22. The summed E-state index contributed by atoms with van der Waals surface area (Å²) >= 11 is 1.59. The Labute approximate surface area is 117 Å². The van der Waals surface area contributed by atoms with E-state index in [1.807, 2.05) is 36.1 Å². The second-order valence-electron chi connectivity index (χ2n) is 4.82. The number of carbonyl (C=O) groups excluding carboxylic acids is 1. The molecule has 1 heterocycles. The van der Waals surface area contributed by atoms with E-state index in [1.54, 1.807) is 11.3 Å². The lowest BCUT2D eigenvalue weighted by molar-refractivity contribution is -0.856. The lowest BCUT2D eigenvalue weighted by Crippen LogP contribution is -3.06. The molecule has 0 fully saturated rings. The van der Waals surface area contributed by atoms with Crippen LogP contribution in [0.25, 0.3) is 10.2 Å². The molecule has 0 spiro atoms. The molecule has 0 saturated carbocycles. The van der Waals surface area contributed by atoms with Crippen molar-refractivity contribution >= 4 is 32.6 Å². The highest BCUT2D eigenvalue weighted by atomic mass is 32.1. The normalized spacial score (nSPS) is 11.2. The first kappa shape index (κ1) is 14.0. The average molecular weight is 278 g/mol. The third-order valence-corrected chi connectivity index (χ3v) is 4.01. The molecule has 5 heteroatoms. The van der Waals surface area contributed by atoms with E-state index in [0.29, 0.717) is 6.42 Å². The van der Waals surface area contributed by atoms with Gasteiger partial charge in [-0.25, -0.2) is 4.98 Å². The maximum atomic E-state index is 12.1. The average Bonchev–Trinajstić information content (AvgIpc) is 2.81. The van der Waals surface area contributed by atoms with Gasteiger partial charge in [-0.05, 0) is 12.1 Å². The largest absolute Gasteiger partial charge is 0.338 e. The smallest absolute Gasteiger partial charge is 0.228 e. The summed E-state index contributed by atoms with van der Waals surface area (Å²) < 4.78 is 1.13. The summed E-state index contributed by atoms with van der Waals surface area (Å²) in [5, 5.41) is 0.814. The van der Waals surface area contributed by atoms with Gasteiger partial charge in [0.1, 0.15) is 0 Å². The van der Waals surface area contributed by atoms with Gasteiger partial charge in [-0.1, -0.05) is 30.4 Å². The number of thiazole rings is 1. The standard InChI is InChI=1S/C14H19N3OS/c1-4-13(18)17(10-9-16(2)3)14-15-11-7-5-6-8-12(11)19-14/h5-8H,4,9-10H2,1-3H3/p+1. The van der Waals surface area contributed by atoms with E-state index in [1.165, 1.54) is 4.90 Å². The van der Waals surface area contributed by atoms with E-state index in [2.05, 4.69) is 19.1 Å². The number of carbonyl (C=O) groups is 1. The minimum atomic E-state index is 0.139. The third-order valence-electron chi connectivity index (χ3n) is 2.95. The van der Waals surface area contributed by atoms with E-state index in [4.69, 9.17) is 0 Å². The Kier molecular flexibility index (Phi) is 4.50. The van der Waals surface area contributed by atoms with Crippen LogP contribution in [0.4, 0.5) is 5.13 Å². The van der Waals surface area contributed by atoms with Crippen LogP contribution in [0.3, 0.4) is 0 Å². The zero-order chi connectivity index (χ0) is 13.8. The Morgan fingerprint density at radius 2 is 2.11 bits per heavy atom. The molecule has 0 radical (unpaired) electrons. The lowest BCUT2D eigenvalue weighted by Gasteiger charge is -2.19. The summed E-state index contributed by atoms with van der Waals surface area (Å²) in [5.41, 5.74) is 0.966. The van der Waals surface area contributed by atoms with Crippen LogP contribution in [0, 0.1) is 0 Å². The van der Waals surface area contributed by atoms with Crippen molar-refractivity contribution in [2.75, 3.05) is 32.1 Å². The maximum absolute atomic E-state index is 12.1. The van der Waals surface area contributed by atoms with E-state index in [0.717, 1.165) is 28.4 Å². The van der Waals surface area contributed by atoms with Gasteiger partial charge in [0.05, 0.1) is 37.4 Å². The predicted molar refractivity (Wildman–Crippen MR) is 79.9 cm³/mol. The van der Waals surface area contributed by atoms with Gasteiger partial charge in [-0.3, -0.25) is 9.69 Å². The molecule has 1 amide bonds. The van der Waals surface area contributed by atoms with Crippen LogP contribution < -0.4 is 9.80 Å². The van der Waals surface area contributed by atoms with Crippen LogP contribution >= 0.6 is 11.3 Å². The van der Waals surface area contributed by atoms with E-state index < -0.39 is 0 Å². The van der Waals surface area contributed by atoms with Crippen LogP contribution in [-0.4, -0.2) is 38.1 Å². The van der Waals surface area contributed by atoms with Crippen molar-refractivity contribution in [1.82, 2.24) is 4.98 Å². The van der Waals surface area contributed by atoms with Crippen LogP contribution in [0.5, 0.6) is 0 Å². The molecule has 0 bridgehead atoms. The monoisotopic (exact) mass is 278 g/mol. The number of anilines is 1. The van der Waals surface area contributed by atoms with Crippen molar-refractivity contribution in [1.29, 1.82) is 0 Å². The molecule has 0 aliphatic rings. The zero-order valence-corrected chi connectivity index (χ0v) is 12.5. The van der Waals surface area contributed by atoms with Gasteiger partial charge in [0.2, 0.25) is 5.91 Å². The fraction of sp³-hybridized carbons (Fsp3) is 0.429. The van der Waals surface area contributed by atoms with Gasteiger partial charge in [0, 0.05) is 6.42 Å². The van der Waals surface area contributed by atoms with Crippen LogP contribution in [0.1, 0.15) is 13.3 Å². The Bertz CT molecular complexity index is 532. The SMILES string of the molecule is CCC(=O)N(CC[NH+](C)C)c1nc2ccccc2s1. The number of nitrogens with one attached hydrogen (secondary N) is 1. The molecular formula is C14H20N3OS+. The van der Waals surface area contributed by atoms with Crippen molar-refractivity contribution in [3.8, 4) is 0 Å². The summed E-state index contributed by atoms with van der Waals surface area (Å²) in [6.45, 7) is 3.53. The second kappa shape index (κ2) is 6.12. The van der Waals surface area contributed by atoms with Gasteiger partial charge < -0.3 is 4.90 Å². The van der Waals surface area contributed by atoms with Gasteiger partial charge in [0.25, 0.3) is 0 Å². The third kappa shape index (κ3) is 3.30. The molecule has 102 valence electrons. The van der Waals surface area contributed by atoms with Crippen LogP contribution in [0.15, 0.2) is 24.3 Å². The topological polar surface area (TPSA) is 37.6 Å². The summed E-state index contributed by atoms with van der Waals surface area (Å²) in [6, 6.07) is 8.01. The second-order valence-corrected chi connectivity index (χ2v) is 5.83. The molecule has 19 heavy (non-hydrogen) atoms. The molecule has 0 aliphatic heterocycles. The highest BCUT2D eigenvalue weighted by Crippen LogP contribution is 2.28. The molecular weight excluding hydrogens is 258 g/mol. The molecule has 4 nitrogen and oxygen atoms in total. The zero-order valence-electron chi connectivity index (χ0n) is 11.6. The molecule has 0 aliphatic carbocycles. The first-order chi connectivity index (χ1) is 9.11. The minimum absolute atomic E-state index is 0.139. The maximum Gasteiger partial charge on any atom is 0.228 e. The van der Waals surface area contributed by atoms with Crippen molar-refractivity contribution in [3.63, 3.8) is 0 Å². The summed E-state index contributed by atoms with van der Waals surface area (Å²) in [7, 11) is 4.18. The number of quaternary nitrogens is 1. The van der Waals surface area contributed by atoms with Crippen LogP contribution in [0.2, 0.25) is 0 Å². The predicted octanol–water partition coefficient (Wildman–Crippen LogP) is 1.18. The number of likely N-dealkylation sites (N-methyl/N-ethyl adjacent to an activating group) is 1. The minimum Gasteiger partial charge on any atom is -0.338 e. The van der Waals surface area contributed by atoms with Crippen molar-refractivity contribution < 1.29 is 9.69 Å². The van der Waals surface area contributed by atoms with Crippen molar-refractivity contribution in [2.24, 2.45) is 0 Å². The molecule has 0 saturated heterocycles. The van der Waals surface area contributed by atoms with E-state index >= 15 is 0 Å². The summed E-state index contributed by atoms with van der Waals surface area (Å²) in [5.74, 6) is 0.139. The lowest BCUT2D eigenvalue weighted by atomic mass is 10.3. The molecule has 0 unspecified atom stereocenters. The number of hydrogen-bond acceptors (Lipinski definition) is 3. The first-order valence-corrected chi connectivity index (χ1v) is 7.38. The first-order valence-electron chi connectivity index (χ1n) is 6.56. The van der Waals surface area contributed by atoms with Crippen molar-refractivity contribution in [2.45, 2.75) is 13.3 Å². The number of benzene rings is 1. The van der Waals surface area contributed by atoms with Gasteiger partial charge in [-0.15, -0.1) is 0 Å². The number of amides is 1. The van der Waals surface area contributed by atoms with Gasteiger partial charge in [0.15, 0.2) is 5.13 Å². The van der Waals surface area contributed by atoms with E-state index in [9.17, 15) is 4.79 Å². The van der Waals surface area contributed by atoms with Gasteiger partial charge >= 0.3 is 0 Å². The Morgan fingerprint density at radius 3 is 2.74 bits per heavy atom. The fourth-order valence-electron chi connectivity index (χ4n) is 1.83. The Morgan fingerprint density at radius 1 is 1.37 bits per heavy atom. The van der Waals surface area contributed by atoms with Crippen molar-refractivity contribution in [3.05, 3.63) is 24.3 Å². The number of aromatic nitrogens is 1. The number of nitrogens with zero attached hydrogens (tertiary/aromatic N) is 2. The molecule has 1 N–H and O–H groups in total. The molecule has 0 atom stereocenters. The number of hydrogen-bond donors (Lipinski definition) is 1. The summed E-state index contributed by atoms with van der Waals surface area (Å²) in [6.07, 6.45) is 0.513. The molecule has 1 aromatic carbocycles. The Balaban J connectivity index is 2.28. The van der Waals surface area contributed by atoms with E-state index in [-0.39, 0.29) is 5.91 Å². The quantitative estimate of drug-likeness (QED) is 0.892. The molecule has 2 aromatic rings. The number of rotatable bonds is 5. The number of fused-ring (bicyclic) bond motifs is 1. The number of para-hydroxylation sites is 1.